The predicted octanol–water partition coefficient (Wildman–Crippen LogP) is 4.53. The van der Waals surface area contributed by atoms with Gasteiger partial charge in [0.1, 0.15) is 12.4 Å². The predicted molar refractivity (Wildman–Crippen MR) is 85.6 cm³/mol. The van der Waals surface area contributed by atoms with Gasteiger partial charge < -0.3 is 9.47 Å². The van der Waals surface area contributed by atoms with Gasteiger partial charge in [-0.2, -0.15) is 0 Å². The van der Waals surface area contributed by atoms with Crippen LogP contribution in [-0.2, 0) is 16.1 Å². The molecule has 5 heteroatoms. The van der Waals surface area contributed by atoms with Crippen molar-refractivity contribution in [3.8, 4) is 5.75 Å². The highest BCUT2D eigenvalue weighted by molar-refractivity contribution is 9.10. The molecule has 21 heavy (non-hydrogen) atoms. The number of esters is 1. The zero-order valence-electron chi connectivity index (χ0n) is 11.4. The van der Waals surface area contributed by atoms with E-state index < -0.39 is 5.97 Å². The number of halogens is 2. The van der Waals surface area contributed by atoms with Crippen LogP contribution in [0.4, 0.5) is 0 Å². The molecular weight excluding hydrogens is 356 g/mol. The molecule has 3 nitrogen and oxygen atoms in total. The van der Waals surface area contributed by atoms with E-state index in [2.05, 4.69) is 15.9 Å². The molecule has 0 radical (unpaired) electrons. The Morgan fingerprint density at radius 2 is 1.90 bits per heavy atom. The molecule has 0 fully saturated rings. The summed E-state index contributed by atoms with van der Waals surface area (Å²) in [6.07, 6.45) is 0. The van der Waals surface area contributed by atoms with E-state index in [4.69, 9.17) is 21.1 Å². The van der Waals surface area contributed by atoms with Gasteiger partial charge in [-0.3, -0.25) is 0 Å². The number of hydrogen-bond acceptors (Lipinski definition) is 3. The summed E-state index contributed by atoms with van der Waals surface area (Å²) < 4.78 is 11.6. The SMILES string of the molecule is Cc1cc(Cl)ccc1OCC(=O)OCc1ccc(Br)cc1. The molecule has 0 saturated carbocycles. The highest BCUT2D eigenvalue weighted by Gasteiger charge is 2.07. The third-order valence-corrected chi connectivity index (χ3v) is 3.56. The summed E-state index contributed by atoms with van der Waals surface area (Å²) >= 11 is 9.21. The fraction of sp³-hybridized carbons (Fsp3) is 0.188. The first-order chi connectivity index (χ1) is 10.0. The Kier molecular flexibility index (Phi) is 5.65. The molecule has 0 aliphatic carbocycles. The minimum absolute atomic E-state index is 0.126. The molecule has 0 bridgehead atoms. The summed E-state index contributed by atoms with van der Waals surface area (Å²) in [5.41, 5.74) is 1.80. The van der Waals surface area contributed by atoms with E-state index in [-0.39, 0.29) is 13.2 Å². The van der Waals surface area contributed by atoms with Crippen molar-refractivity contribution in [3.63, 3.8) is 0 Å². The van der Waals surface area contributed by atoms with Crippen LogP contribution >= 0.6 is 27.5 Å². The van der Waals surface area contributed by atoms with E-state index >= 15 is 0 Å². The molecule has 0 unspecified atom stereocenters. The van der Waals surface area contributed by atoms with Crippen molar-refractivity contribution in [2.45, 2.75) is 13.5 Å². The standard InChI is InChI=1S/C16H14BrClO3/c1-11-8-14(18)6-7-15(11)20-10-16(19)21-9-12-2-4-13(17)5-3-12/h2-8H,9-10H2,1H3. The molecule has 0 amide bonds. The number of aryl methyl sites for hydroxylation is 1. The monoisotopic (exact) mass is 368 g/mol. The lowest BCUT2D eigenvalue weighted by Gasteiger charge is -2.09. The zero-order valence-corrected chi connectivity index (χ0v) is 13.8. The molecule has 0 aromatic heterocycles. The van der Waals surface area contributed by atoms with Gasteiger partial charge in [0.05, 0.1) is 0 Å². The Balaban J connectivity index is 1.80. The third-order valence-electron chi connectivity index (χ3n) is 2.80. The number of hydrogen-bond donors (Lipinski definition) is 0. The van der Waals surface area contributed by atoms with Gasteiger partial charge in [0.2, 0.25) is 0 Å². The van der Waals surface area contributed by atoms with Crippen molar-refractivity contribution in [2.24, 2.45) is 0 Å². The molecule has 0 heterocycles. The summed E-state index contributed by atoms with van der Waals surface area (Å²) in [6.45, 7) is 1.97. The Morgan fingerprint density at radius 3 is 2.57 bits per heavy atom. The van der Waals surface area contributed by atoms with Crippen LogP contribution in [0.15, 0.2) is 46.9 Å². The van der Waals surface area contributed by atoms with Crippen LogP contribution in [0, 0.1) is 6.92 Å². The van der Waals surface area contributed by atoms with E-state index in [1.165, 1.54) is 0 Å². The smallest absolute Gasteiger partial charge is 0.344 e. The number of rotatable bonds is 5. The number of ether oxygens (including phenoxy) is 2. The van der Waals surface area contributed by atoms with Crippen molar-refractivity contribution in [2.75, 3.05) is 6.61 Å². The van der Waals surface area contributed by atoms with Crippen LogP contribution in [0.1, 0.15) is 11.1 Å². The topological polar surface area (TPSA) is 35.5 Å². The largest absolute Gasteiger partial charge is 0.482 e. The first-order valence-electron chi connectivity index (χ1n) is 6.33. The first kappa shape index (κ1) is 15.9. The molecule has 0 spiro atoms. The lowest BCUT2D eigenvalue weighted by atomic mass is 10.2. The fourth-order valence-corrected chi connectivity index (χ4v) is 2.19. The van der Waals surface area contributed by atoms with E-state index in [0.717, 1.165) is 15.6 Å². The molecule has 0 saturated heterocycles. The zero-order chi connectivity index (χ0) is 15.2. The third kappa shape index (κ3) is 5.06. The fourth-order valence-electron chi connectivity index (χ4n) is 1.70. The van der Waals surface area contributed by atoms with Crippen LogP contribution in [0.2, 0.25) is 5.02 Å². The number of carbonyl (C=O) groups is 1. The van der Waals surface area contributed by atoms with Gasteiger partial charge in [0, 0.05) is 9.50 Å². The Labute approximate surface area is 137 Å². The second kappa shape index (κ2) is 7.48. The molecule has 2 aromatic carbocycles. The Bertz CT molecular complexity index is 626. The van der Waals surface area contributed by atoms with Crippen molar-refractivity contribution < 1.29 is 14.3 Å². The second-order valence-corrected chi connectivity index (χ2v) is 5.84. The molecule has 110 valence electrons. The Hall–Kier alpha value is -1.52. The van der Waals surface area contributed by atoms with Gasteiger partial charge in [-0.15, -0.1) is 0 Å². The average Bonchev–Trinajstić information content (AvgIpc) is 2.46. The molecule has 0 aliphatic rings. The number of carbonyl (C=O) groups excluding carboxylic acids is 1. The quantitative estimate of drug-likeness (QED) is 0.726. The maximum Gasteiger partial charge on any atom is 0.344 e. The highest BCUT2D eigenvalue weighted by atomic mass is 79.9. The molecular formula is C16H14BrClO3. The summed E-state index contributed by atoms with van der Waals surface area (Å²) in [4.78, 5) is 11.7. The minimum Gasteiger partial charge on any atom is -0.482 e. The summed E-state index contributed by atoms with van der Waals surface area (Å²) in [7, 11) is 0. The van der Waals surface area contributed by atoms with Gasteiger partial charge in [-0.25, -0.2) is 4.79 Å². The highest BCUT2D eigenvalue weighted by Crippen LogP contribution is 2.21. The normalized spacial score (nSPS) is 10.2. The molecule has 2 aromatic rings. The molecule has 2 rings (SSSR count). The van der Waals surface area contributed by atoms with Gasteiger partial charge in [-0.1, -0.05) is 39.7 Å². The van der Waals surface area contributed by atoms with Gasteiger partial charge >= 0.3 is 5.97 Å². The van der Waals surface area contributed by atoms with Gasteiger partial charge in [-0.05, 0) is 48.4 Å². The van der Waals surface area contributed by atoms with Crippen molar-refractivity contribution in [1.82, 2.24) is 0 Å². The van der Waals surface area contributed by atoms with Crippen LogP contribution < -0.4 is 4.74 Å². The van der Waals surface area contributed by atoms with Crippen molar-refractivity contribution in [3.05, 3.63) is 63.1 Å². The van der Waals surface area contributed by atoms with Crippen LogP contribution in [0.3, 0.4) is 0 Å². The van der Waals surface area contributed by atoms with Crippen molar-refractivity contribution in [1.29, 1.82) is 0 Å². The maximum atomic E-state index is 11.7. The molecule has 0 N–H and O–H groups in total. The minimum atomic E-state index is -0.410. The van der Waals surface area contributed by atoms with Crippen LogP contribution in [-0.4, -0.2) is 12.6 Å². The van der Waals surface area contributed by atoms with Gasteiger partial charge in [0.15, 0.2) is 6.61 Å². The first-order valence-corrected chi connectivity index (χ1v) is 7.51. The summed E-state index contributed by atoms with van der Waals surface area (Å²) in [6, 6.07) is 12.8. The van der Waals surface area contributed by atoms with E-state index in [9.17, 15) is 4.79 Å². The van der Waals surface area contributed by atoms with Crippen LogP contribution in [0.25, 0.3) is 0 Å². The lowest BCUT2D eigenvalue weighted by molar-refractivity contribution is -0.147. The summed E-state index contributed by atoms with van der Waals surface area (Å²) in [5.74, 6) is 0.215. The van der Waals surface area contributed by atoms with E-state index in [1.807, 2.05) is 31.2 Å². The lowest BCUT2D eigenvalue weighted by Crippen LogP contribution is -2.15. The second-order valence-electron chi connectivity index (χ2n) is 4.49. The number of benzene rings is 2. The molecule has 0 atom stereocenters. The average molecular weight is 370 g/mol. The van der Waals surface area contributed by atoms with E-state index in [1.54, 1.807) is 18.2 Å². The molecule has 0 aliphatic heterocycles. The maximum absolute atomic E-state index is 11.7. The van der Waals surface area contributed by atoms with Gasteiger partial charge in [0.25, 0.3) is 0 Å². The van der Waals surface area contributed by atoms with Crippen LogP contribution in [0.5, 0.6) is 5.75 Å². The van der Waals surface area contributed by atoms with Crippen molar-refractivity contribution >= 4 is 33.5 Å². The van der Waals surface area contributed by atoms with E-state index in [0.29, 0.717) is 10.8 Å². The summed E-state index contributed by atoms with van der Waals surface area (Å²) in [5, 5.41) is 0.637. The Morgan fingerprint density at radius 1 is 1.19 bits per heavy atom.